The highest BCUT2D eigenvalue weighted by Gasteiger charge is 2.11. The van der Waals surface area contributed by atoms with Crippen LogP contribution in [0.15, 0.2) is 75.4 Å². The van der Waals surface area contributed by atoms with Gasteiger partial charge in [0.15, 0.2) is 10.9 Å². The number of furan rings is 1. The van der Waals surface area contributed by atoms with Crippen LogP contribution in [-0.4, -0.2) is 16.6 Å². The number of aromatic nitrogens is 1. The summed E-state index contributed by atoms with van der Waals surface area (Å²) in [6.45, 7) is 0. The van der Waals surface area contributed by atoms with Gasteiger partial charge in [-0.25, -0.2) is 4.98 Å². The summed E-state index contributed by atoms with van der Waals surface area (Å²) in [6, 6.07) is 19.9. The van der Waals surface area contributed by atoms with Crippen LogP contribution in [0.5, 0.6) is 0 Å². The number of anilines is 1. The first-order chi connectivity index (χ1) is 12.8. The smallest absolute Gasteiger partial charge is 0.226 e. The summed E-state index contributed by atoms with van der Waals surface area (Å²) in [5, 5.41) is 6.39. The Kier molecular flexibility index (Phi) is 5.04. The van der Waals surface area contributed by atoms with E-state index >= 15 is 0 Å². The predicted molar refractivity (Wildman–Crippen MR) is 108 cm³/mol. The van der Waals surface area contributed by atoms with Gasteiger partial charge in [-0.15, -0.1) is 23.1 Å². The molecule has 4 aromatic rings. The van der Waals surface area contributed by atoms with Gasteiger partial charge in [0, 0.05) is 27.8 Å². The van der Waals surface area contributed by atoms with Crippen molar-refractivity contribution in [3.05, 3.63) is 66.0 Å². The Bertz CT molecular complexity index is 991. The average Bonchev–Trinajstić information content (AvgIpc) is 3.29. The Morgan fingerprint density at radius 1 is 1.12 bits per heavy atom. The lowest BCUT2D eigenvalue weighted by atomic mass is 10.2. The molecule has 4 rings (SSSR count). The van der Waals surface area contributed by atoms with Gasteiger partial charge in [-0.2, -0.15) is 0 Å². The van der Waals surface area contributed by atoms with E-state index in [-0.39, 0.29) is 5.91 Å². The zero-order valence-corrected chi connectivity index (χ0v) is 15.5. The molecule has 0 saturated heterocycles. The normalized spacial score (nSPS) is 10.9. The molecule has 0 bridgehead atoms. The highest BCUT2D eigenvalue weighted by molar-refractivity contribution is 7.99. The molecule has 0 saturated carbocycles. The molecule has 4 nitrogen and oxygen atoms in total. The molecule has 2 aromatic carbocycles. The van der Waals surface area contributed by atoms with Crippen molar-refractivity contribution in [2.24, 2.45) is 0 Å². The number of thioether (sulfide) groups is 1. The van der Waals surface area contributed by atoms with Crippen molar-refractivity contribution >= 4 is 45.1 Å². The van der Waals surface area contributed by atoms with E-state index in [4.69, 9.17) is 4.42 Å². The quantitative estimate of drug-likeness (QED) is 0.437. The molecule has 0 radical (unpaired) electrons. The number of para-hydroxylation sites is 1. The number of thiazole rings is 1. The lowest BCUT2D eigenvalue weighted by Gasteiger charge is -2.02. The topological polar surface area (TPSA) is 55.1 Å². The number of carbonyl (C=O) groups is 1. The number of nitrogens with one attached hydrogen (secondary N) is 1. The summed E-state index contributed by atoms with van der Waals surface area (Å²) in [6.07, 6.45) is 0.444. The average molecular weight is 380 g/mol. The first-order valence-corrected chi connectivity index (χ1v) is 10.1. The van der Waals surface area contributed by atoms with Gasteiger partial charge in [-0.05, 0) is 24.3 Å². The standard InChI is InChI=1S/C20H16N2O2S2/c23-19(10-11-25-15-7-2-1-3-8-15)22-20-21-16(13-26-20)18-12-14-6-4-5-9-17(14)24-18/h1-9,12-13H,10-11H2,(H,21,22,23). The third-order valence-corrected chi connectivity index (χ3v) is 5.54. The van der Waals surface area contributed by atoms with E-state index in [2.05, 4.69) is 10.3 Å². The summed E-state index contributed by atoms with van der Waals surface area (Å²) in [4.78, 5) is 17.7. The van der Waals surface area contributed by atoms with Gasteiger partial charge in [0.05, 0.1) is 0 Å². The van der Waals surface area contributed by atoms with Crippen molar-refractivity contribution in [1.82, 2.24) is 4.98 Å². The van der Waals surface area contributed by atoms with E-state index in [1.54, 1.807) is 11.8 Å². The molecule has 0 atom stereocenters. The van der Waals surface area contributed by atoms with Crippen LogP contribution in [0.25, 0.3) is 22.4 Å². The molecule has 0 aliphatic heterocycles. The zero-order valence-electron chi connectivity index (χ0n) is 13.8. The molecule has 1 N–H and O–H groups in total. The van der Waals surface area contributed by atoms with E-state index < -0.39 is 0 Å². The molecule has 0 fully saturated rings. The van der Waals surface area contributed by atoms with Crippen molar-refractivity contribution in [1.29, 1.82) is 0 Å². The predicted octanol–water partition coefficient (Wildman–Crippen LogP) is 5.68. The van der Waals surface area contributed by atoms with E-state index in [0.717, 1.165) is 22.4 Å². The maximum absolute atomic E-state index is 12.1. The van der Waals surface area contributed by atoms with Crippen molar-refractivity contribution in [3.8, 4) is 11.5 Å². The maximum atomic E-state index is 12.1. The minimum absolute atomic E-state index is 0.0288. The molecule has 26 heavy (non-hydrogen) atoms. The van der Waals surface area contributed by atoms with E-state index in [1.165, 1.54) is 16.2 Å². The van der Waals surface area contributed by atoms with Gasteiger partial charge >= 0.3 is 0 Å². The van der Waals surface area contributed by atoms with Crippen LogP contribution in [0.2, 0.25) is 0 Å². The Morgan fingerprint density at radius 2 is 1.92 bits per heavy atom. The number of carbonyl (C=O) groups excluding carboxylic acids is 1. The minimum Gasteiger partial charge on any atom is -0.454 e. The molecule has 0 unspecified atom stereocenters. The Balaban J connectivity index is 1.35. The summed E-state index contributed by atoms with van der Waals surface area (Å²) < 4.78 is 5.81. The molecule has 130 valence electrons. The van der Waals surface area contributed by atoms with Crippen LogP contribution in [-0.2, 0) is 4.79 Å². The van der Waals surface area contributed by atoms with Crippen molar-refractivity contribution in [3.63, 3.8) is 0 Å². The van der Waals surface area contributed by atoms with Crippen LogP contribution in [0.4, 0.5) is 5.13 Å². The summed E-state index contributed by atoms with van der Waals surface area (Å²) in [5.74, 6) is 1.42. The molecule has 1 amide bonds. The molecule has 2 aromatic heterocycles. The number of nitrogens with zero attached hydrogens (tertiary/aromatic N) is 1. The number of amides is 1. The molecule has 6 heteroatoms. The lowest BCUT2D eigenvalue weighted by Crippen LogP contribution is -2.11. The Morgan fingerprint density at radius 3 is 2.77 bits per heavy atom. The monoisotopic (exact) mass is 380 g/mol. The molecule has 2 heterocycles. The molecule has 0 aliphatic carbocycles. The van der Waals surface area contributed by atoms with Crippen LogP contribution in [0.3, 0.4) is 0 Å². The van der Waals surface area contributed by atoms with E-state index in [1.807, 2.05) is 66.0 Å². The first-order valence-electron chi connectivity index (χ1n) is 8.20. The fourth-order valence-electron chi connectivity index (χ4n) is 2.51. The first kappa shape index (κ1) is 16.9. The number of fused-ring (bicyclic) bond motifs is 1. The van der Waals surface area contributed by atoms with Gasteiger partial charge < -0.3 is 9.73 Å². The SMILES string of the molecule is O=C(CCSc1ccccc1)Nc1nc(-c2cc3ccccc3o2)cs1. The third kappa shape index (κ3) is 3.98. The van der Waals surface area contributed by atoms with Gasteiger partial charge in [0.25, 0.3) is 0 Å². The maximum Gasteiger partial charge on any atom is 0.226 e. The molecule has 0 spiro atoms. The fourth-order valence-corrected chi connectivity index (χ4v) is 4.10. The second kappa shape index (κ2) is 7.76. The van der Waals surface area contributed by atoms with Crippen LogP contribution >= 0.6 is 23.1 Å². The van der Waals surface area contributed by atoms with E-state index in [9.17, 15) is 4.79 Å². The van der Waals surface area contributed by atoms with E-state index in [0.29, 0.717) is 17.3 Å². The van der Waals surface area contributed by atoms with Crippen LogP contribution in [0.1, 0.15) is 6.42 Å². The fraction of sp³-hybridized carbons (Fsp3) is 0.100. The van der Waals surface area contributed by atoms with Gasteiger partial charge in [0.2, 0.25) is 5.91 Å². The minimum atomic E-state index is -0.0288. The molecular weight excluding hydrogens is 364 g/mol. The lowest BCUT2D eigenvalue weighted by molar-refractivity contribution is -0.115. The summed E-state index contributed by atoms with van der Waals surface area (Å²) >= 11 is 3.07. The largest absolute Gasteiger partial charge is 0.454 e. The van der Waals surface area contributed by atoms with Crippen LogP contribution < -0.4 is 5.32 Å². The van der Waals surface area contributed by atoms with Crippen molar-refractivity contribution in [2.45, 2.75) is 11.3 Å². The molecular formula is C20H16N2O2S2. The third-order valence-electron chi connectivity index (χ3n) is 3.77. The summed E-state index contributed by atoms with van der Waals surface area (Å²) in [7, 11) is 0. The number of benzene rings is 2. The molecule has 0 aliphatic rings. The Hall–Kier alpha value is -2.57. The summed E-state index contributed by atoms with van der Waals surface area (Å²) in [5.41, 5.74) is 1.57. The second-order valence-corrected chi connectivity index (χ2v) is 7.67. The number of hydrogen-bond acceptors (Lipinski definition) is 5. The van der Waals surface area contributed by atoms with Gasteiger partial charge in [0.1, 0.15) is 11.3 Å². The highest BCUT2D eigenvalue weighted by Crippen LogP contribution is 2.30. The van der Waals surface area contributed by atoms with Gasteiger partial charge in [-0.1, -0.05) is 36.4 Å². The number of rotatable bonds is 6. The van der Waals surface area contributed by atoms with Crippen LogP contribution in [0, 0.1) is 0 Å². The Labute approximate surface area is 159 Å². The van der Waals surface area contributed by atoms with Crippen molar-refractivity contribution in [2.75, 3.05) is 11.1 Å². The zero-order chi connectivity index (χ0) is 17.8. The second-order valence-electron chi connectivity index (χ2n) is 5.65. The van der Waals surface area contributed by atoms with Crippen molar-refractivity contribution < 1.29 is 9.21 Å². The van der Waals surface area contributed by atoms with Gasteiger partial charge in [-0.3, -0.25) is 4.79 Å². The number of hydrogen-bond donors (Lipinski definition) is 1. The highest BCUT2D eigenvalue weighted by atomic mass is 32.2.